The van der Waals surface area contributed by atoms with Gasteiger partial charge in [-0.25, -0.2) is 0 Å². The molecule has 0 radical (unpaired) electrons. The fraction of sp³-hybridized carbons (Fsp3) is 0.0500. The Balaban J connectivity index is 1.79. The van der Waals surface area contributed by atoms with Gasteiger partial charge in [0.25, 0.3) is 11.6 Å². The third kappa shape index (κ3) is 3.11. The summed E-state index contributed by atoms with van der Waals surface area (Å²) in [6.45, 7) is 0. The van der Waals surface area contributed by atoms with Gasteiger partial charge in [0.2, 0.25) is 0 Å². The topological polar surface area (TPSA) is 75.5 Å². The molecule has 1 unspecified atom stereocenters. The molecule has 1 N–H and O–H groups in total. The van der Waals surface area contributed by atoms with Crippen LogP contribution >= 0.6 is 11.6 Å². The normalized spacial score (nSPS) is 15.1. The molecular weight excluding hydrogens is 366 g/mol. The summed E-state index contributed by atoms with van der Waals surface area (Å²) in [7, 11) is 0. The number of nitrogens with one attached hydrogen (secondary N) is 1. The Morgan fingerprint density at radius 3 is 2.52 bits per heavy atom. The number of halogens is 1. The molecule has 0 bridgehead atoms. The minimum atomic E-state index is -0.550. The highest BCUT2D eigenvalue weighted by molar-refractivity contribution is 6.30. The summed E-state index contributed by atoms with van der Waals surface area (Å²) in [4.78, 5) is 25.5. The monoisotopic (exact) mass is 379 g/mol. The molecule has 0 fully saturated rings. The van der Waals surface area contributed by atoms with Crippen LogP contribution in [0.4, 0.5) is 17.1 Å². The van der Waals surface area contributed by atoms with Gasteiger partial charge in [-0.15, -0.1) is 0 Å². The van der Waals surface area contributed by atoms with E-state index in [1.807, 2.05) is 24.3 Å². The summed E-state index contributed by atoms with van der Waals surface area (Å²) < 4.78 is 0. The van der Waals surface area contributed by atoms with Crippen LogP contribution in [0.1, 0.15) is 22.1 Å². The number of non-ortho nitro benzene ring substituents is 1. The van der Waals surface area contributed by atoms with E-state index in [2.05, 4.69) is 5.32 Å². The zero-order valence-corrected chi connectivity index (χ0v) is 14.8. The van der Waals surface area contributed by atoms with Crippen LogP contribution < -0.4 is 10.2 Å². The molecule has 1 amide bonds. The second-order valence-electron chi connectivity index (χ2n) is 6.10. The molecule has 0 aromatic heterocycles. The van der Waals surface area contributed by atoms with Crippen molar-refractivity contribution in [2.24, 2.45) is 0 Å². The molecule has 0 aliphatic carbocycles. The first-order chi connectivity index (χ1) is 13.0. The molecule has 1 atom stereocenters. The highest BCUT2D eigenvalue weighted by atomic mass is 35.5. The lowest BCUT2D eigenvalue weighted by Gasteiger charge is -2.25. The maximum Gasteiger partial charge on any atom is 0.269 e. The average Bonchev–Trinajstić information content (AvgIpc) is 3.07. The predicted octanol–water partition coefficient (Wildman–Crippen LogP) is 5.02. The van der Waals surface area contributed by atoms with Crippen molar-refractivity contribution >= 4 is 34.6 Å². The first kappa shape index (κ1) is 17.1. The van der Waals surface area contributed by atoms with Gasteiger partial charge in [0.05, 0.1) is 16.3 Å². The van der Waals surface area contributed by atoms with E-state index >= 15 is 0 Å². The average molecular weight is 380 g/mol. The number of fused-ring (bicyclic) bond motifs is 1. The quantitative estimate of drug-likeness (QED) is 0.512. The van der Waals surface area contributed by atoms with Crippen molar-refractivity contribution < 1.29 is 9.72 Å². The van der Waals surface area contributed by atoms with Crippen molar-refractivity contribution in [3.63, 3.8) is 0 Å². The fourth-order valence-electron chi connectivity index (χ4n) is 3.16. The molecule has 6 nitrogen and oxygen atoms in total. The number of nitro benzene ring substituents is 1. The van der Waals surface area contributed by atoms with Crippen molar-refractivity contribution in [3.05, 3.63) is 99.1 Å². The maximum atomic E-state index is 13.2. The van der Waals surface area contributed by atoms with Crippen LogP contribution in [0.25, 0.3) is 0 Å². The van der Waals surface area contributed by atoms with E-state index in [0.717, 1.165) is 5.69 Å². The number of amides is 1. The number of rotatable bonds is 3. The van der Waals surface area contributed by atoms with Crippen LogP contribution in [0.15, 0.2) is 72.8 Å². The lowest BCUT2D eigenvalue weighted by atomic mass is 10.1. The van der Waals surface area contributed by atoms with Gasteiger partial charge in [0.15, 0.2) is 0 Å². The largest absolute Gasteiger partial charge is 0.359 e. The summed E-state index contributed by atoms with van der Waals surface area (Å²) >= 11 is 5.93. The Kier molecular flexibility index (Phi) is 4.25. The van der Waals surface area contributed by atoms with Crippen molar-refractivity contribution in [2.45, 2.75) is 6.17 Å². The molecule has 4 rings (SSSR count). The molecule has 0 saturated carbocycles. The zero-order chi connectivity index (χ0) is 19.0. The Morgan fingerprint density at radius 1 is 1.04 bits per heavy atom. The standard InChI is InChI=1S/C20H14ClN3O3/c21-15-10-8-13(9-11-15)20(25)23-18-7-2-1-6-17(18)22-19(23)14-4-3-5-16(12-14)24(26)27/h1-12,19,22H. The van der Waals surface area contributed by atoms with Crippen LogP contribution in [0, 0.1) is 10.1 Å². The van der Waals surface area contributed by atoms with Crippen molar-refractivity contribution in [1.82, 2.24) is 0 Å². The molecule has 0 saturated heterocycles. The Bertz CT molecular complexity index is 1040. The van der Waals surface area contributed by atoms with Crippen molar-refractivity contribution in [1.29, 1.82) is 0 Å². The van der Waals surface area contributed by atoms with Gasteiger partial charge in [0.1, 0.15) is 6.17 Å². The number of hydrogen-bond acceptors (Lipinski definition) is 4. The van der Waals surface area contributed by atoms with Crippen molar-refractivity contribution in [3.8, 4) is 0 Å². The van der Waals surface area contributed by atoms with Gasteiger partial charge in [-0.05, 0) is 36.4 Å². The summed E-state index contributed by atoms with van der Waals surface area (Å²) in [5.74, 6) is -0.222. The summed E-state index contributed by atoms with van der Waals surface area (Å²) in [6.07, 6.45) is -0.550. The third-order valence-corrected chi connectivity index (χ3v) is 4.67. The van der Waals surface area contributed by atoms with Crippen LogP contribution in [0.5, 0.6) is 0 Å². The number of carbonyl (C=O) groups excluding carboxylic acids is 1. The lowest BCUT2D eigenvalue weighted by molar-refractivity contribution is -0.384. The van der Waals surface area contributed by atoms with Crippen LogP contribution in [-0.2, 0) is 0 Å². The molecule has 1 aliphatic rings. The van der Waals surface area contributed by atoms with Crippen molar-refractivity contribution in [2.75, 3.05) is 10.2 Å². The number of nitro groups is 1. The molecule has 7 heteroatoms. The molecule has 1 aliphatic heterocycles. The van der Waals surface area contributed by atoms with Crippen LogP contribution in [0.2, 0.25) is 5.02 Å². The number of benzene rings is 3. The van der Waals surface area contributed by atoms with Crippen LogP contribution in [-0.4, -0.2) is 10.8 Å². The number of para-hydroxylation sites is 2. The van der Waals surface area contributed by atoms with Gasteiger partial charge in [-0.3, -0.25) is 19.8 Å². The molecule has 134 valence electrons. The highest BCUT2D eigenvalue weighted by Crippen LogP contribution is 2.42. The van der Waals surface area contributed by atoms with E-state index in [-0.39, 0.29) is 11.6 Å². The first-order valence-electron chi connectivity index (χ1n) is 8.23. The van der Waals surface area contributed by atoms with Gasteiger partial charge in [0, 0.05) is 28.3 Å². The van der Waals surface area contributed by atoms with E-state index in [4.69, 9.17) is 11.6 Å². The number of anilines is 2. The third-order valence-electron chi connectivity index (χ3n) is 4.42. The highest BCUT2D eigenvalue weighted by Gasteiger charge is 2.35. The smallest absolute Gasteiger partial charge is 0.269 e. The number of nitrogens with zero attached hydrogens (tertiary/aromatic N) is 2. The van der Waals surface area contributed by atoms with Gasteiger partial charge >= 0.3 is 0 Å². The second-order valence-corrected chi connectivity index (χ2v) is 6.53. The maximum absolute atomic E-state index is 13.2. The Labute approximate surface area is 160 Å². The SMILES string of the molecule is O=C(c1ccc(Cl)cc1)N1c2ccccc2NC1c1cccc([N+](=O)[O-])c1. The first-order valence-corrected chi connectivity index (χ1v) is 8.61. The van der Waals surface area contributed by atoms with E-state index in [1.54, 1.807) is 41.3 Å². The summed E-state index contributed by atoms with van der Waals surface area (Å²) in [5, 5.41) is 15.0. The zero-order valence-electron chi connectivity index (χ0n) is 14.0. The minimum Gasteiger partial charge on any atom is -0.359 e. The molecular formula is C20H14ClN3O3. The number of hydrogen-bond donors (Lipinski definition) is 1. The van der Waals surface area contributed by atoms with E-state index < -0.39 is 11.1 Å². The van der Waals surface area contributed by atoms with Gasteiger partial charge < -0.3 is 5.32 Å². The Hall–Kier alpha value is -3.38. The van der Waals surface area contributed by atoms with E-state index in [1.165, 1.54) is 12.1 Å². The minimum absolute atomic E-state index is 0.0239. The molecule has 0 spiro atoms. The molecule has 3 aromatic rings. The summed E-state index contributed by atoms with van der Waals surface area (Å²) in [5.41, 5.74) is 2.59. The van der Waals surface area contributed by atoms with E-state index in [9.17, 15) is 14.9 Å². The lowest BCUT2D eigenvalue weighted by Crippen LogP contribution is -2.34. The predicted molar refractivity (Wildman–Crippen MR) is 104 cm³/mol. The van der Waals surface area contributed by atoms with E-state index in [0.29, 0.717) is 21.8 Å². The second kappa shape index (κ2) is 6.74. The summed E-state index contributed by atoms with van der Waals surface area (Å²) in [6, 6.07) is 20.4. The van der Waals surface area contributed by atoms with Gasteiger partial charge in [-0.2, -0.15) is 0 Å². The van der Waals surface area contributed by atoms with Crippen LogP contribution in [0.3, 0.4) is 0 Å². The van der Waals surface area contributed by atoms with Gasteiger partial charge in [-0.1, -0.05) is 35.9 Å². The molecule has 3 aromatic carbocycles. The molecule has 1 heterocycles. The number of carbonyl (C=O) groups is 1. The molecule has 27 heavy (non-hydrogen) atoms. The fourth-order valence-corrected chi connectivity index (χ4v) is 3.28. The Morgan fingerprint density at radius 2 is 1.78 bits per heavy atom.